The fourth-order valence-corrected chi connectivity index (χ4v) is 1.68. The Kier molecular flexibility index (Phi) is 2.86. The van der Waals surface area contributed by atoms with Gasteiger partial charge < -0.3 is 10.4 Å². The Morgan fingerprint density at radius 2 is 2.07 bits per heavy atom. The van der Waals surface area contributed by atoms with Gasteiger partial charge in [0.25, 0.3) is 0 Å². The van der Waals surface area contributed by atoms with E-state index in [-0.39, 0.29) is 6.61 Å². The van der Waals surface area contributed by atoms with Crippen LogP contribution in [0.5, 0.6) is 0 Å². The lowest BCUT2D eigenvalue weighted by Gasteiger charge is -2.14. The second-order valence-corrected chi connectivity index (χ2v) is 4.41. The number of aliphatic hydroxyl groups is 1. The molecular weight excluding hydrogens is 190 g/mol. The predicted octanol–water partition coefficient (Wildman–Crippen LogP) is 1.36. The number of nitrogens with one attached hydrogen (secondary N) is 1. The van der Waals surface area contributed by atoms with Gasteiger partial charge in [-0.05, 0) is 37.2 Å². The van der Waals surface area contributed by atoms with Crippen LogP contribution in [0.25, 0.3) is 0 Å². The number of nitrogens with zero attached hydrogens (tertiary/aromatic N) is 2. The van der Waals surface area contributed by atoms with E-state index >= 15 is 0 Å². The molecule has 4 heteroatoms. The highest BCUT2D eigenvalue weighted by atomic mass is 16.3. The van der Waals surface area contributed by atoms with Gasteiger partial charge in [-0.1, -0.05) is 0 Å². The number of rotatable bonds is 5. The van der Waals surface area contributed by atoms with Crippen molar-refractivity contribution in [3.8, 4) is 0 Å². The van der Waals surface area contributed by atoms with Crippen LogP contribution in [0.4, 0.5) is 5.95 Å². The summed E-state index contributed by atoms with van der Waals surface area (Å²) < 4.78 is 0. The molecule has 0 radical (unpaired) electrons. The third-order valence-corrected chi connectivity index (χ3v) is 3.00. The maximum atomic E-state index is 8.92. The second kappa shape index (κ2) is 4.14. The molecule has 1 fully saturated rings. The molecule has 0 aromatic carbocycles. The van der Waals surface area contributed by atoms with E-state index < -0.39 is 0 Å². The Labute approximate surface area is 89.8 Å². The minimum Gasteiger partial charge on any atom is -0.396 e. The molecule has 82 valence electrons. The lowest BCUT2D eigenvalue weighted by Crippen LogP contribution is -2.18. The summed E-state index contributed by atoms with van der Waals surface area (Å²) in [5.74, 6) is 0.685. The van der Waals surface area contributed by atoms with Crippen molar-refractivity contribution >= 4 is 5.95 Å². The van der Waals surface area contributed by atoms with E-state index in [1.807, 2.05) is 6.92 Å². The summed E-state index contributed by atoms with van der Waals surface area (Å²) in [7, 11) is 0. The zero-order chi connectivity index (χ0) is 10.7. The number of aromatic nitrogens is 2. The van der Waals surface area contributed by atoms with Gasteiger partial charge in [0.1, 0.15) is 0 Å². The van der Waals surface area contributed by atoms with E-state index in [9.17, 15) is 0 Å². The molecule has 1 saturated carbocycles. The highest BCUT2D eigenvalue weighted by molar-refractivity contribution is 5.25. The monoisotopic (exact) mass is 207 g/mol. The number of anilines is 1. The van der Waals surface area contributed by atoms with Crippen LogP contribution in [0.2, 0.25) is 0 Å². The van der Waals surface area contributed by atoms with E-state index in [0.29, 0.717) is 11.4 Å². The van der Waals surface area contributed by atoms with E-state index in [4.69, 9.17) is 5.11 Å². The van der Waals surface area contributed by atoms with Crippen LogP contribution in [0.3, 0.4) is 0 Å². The molecule has 0 spiro atoms. The van der Waals surface area contributed by atoms with Crippen LogP contribution in [0.15, 0.2) is 12.4 Å². The van der Waals surface area contributed by atoms with Gasteiger partial charge in [-0.2, -0.15) is 0 Å². The van der Waals surface area contributed by atoms with Crippen molar-refractivity contribution < 1.29 is 5.11 Å². The molecule has 0 amide bonds. The van der Waals surface area contributed by atoms with Crippen LogP contribution in [0.1, 0.15) is 24.8 Å². The molecule has 0 saturated heterocycles. The smallest absolute Gasteiger partial charge is 0.222 e. The minimum absolute atomic E-state index is 0.274. The summed E-state index contributed by atoms with van der Waals surface area (Å²) in [6.07, 6.45) is 6.90. The Bertz CT molecular complexity index is 319. The summed E-state index contributed by atoms with van der Waals surface area (Å²) >= 11 is 0. The first-order valence-electron chi connectivity index (χ1n) is 5.37. The maximum Gasteiger partial charge on any atom is 0.222 e. The lowest BCUT2D eigenvalue weighted by molar-refractivity contribution is 0.253. The Hall–Kier alpha value is -1.16. The van der Waals surface area contributed by atoms with Gasteiger partial charge in [0.2, 0.25) is 5.95 Å². The lowest BCUT2D eigenvalue weighted by atomic mass is 10.0. The van der Waals surface area contributed by atoms with E-state index in [1.165, 1.54) is 12.8 Å². The molecule has 1 aromatic heterocycles. The molecule has 1 aliphatic rings. The molecule has 2 rings (SSSR count). The molecule has 4 nitrogen and oxygen atoms in total. The van der Waals surface area contributed by atoms with Gasteiger partial charge in [-0.3, -0.25) is 0 Å². The maximum absolute atomic E-state index is 8.92. The van der Waals surface area contributed by atoms with Crippen molar-refractivity contribution in [1.82, 2.24) is 9.97 Å². The highest BCUT2D eigenvalue weighted by Gasteiger charge is 2.41. The molecule has 1 aromatic rings. The number of hydrogen-bond acceptors (Lipinski definition) is 4. The molecule has 0 aliphatic heterocycles. The Morgan fingerprint density at radius 3 is 2.60 bits per heavy atom. The Balaban J connectivity index is 1.85. The predicted molar refractivity (Wildman–Crippen MR) is 58.6 cm³/mol. The molecule has 2 N–H and O–H groups in total. The summed E-state index contributed by atoms with van der Waals surface area (Å²) in [5, 5.41) is 12.1. The SMILES string of the molecule is Cc1cnc(NCC2(CCO)CC2)nc1. The Morgan fingerprint density at radius 1 is 1.40 bits per heavy atom. The van der Waals surface area contributed by atoms with Crippen LogP contribution in [0, 0.1) is 12.3 Å². The quantitative estimate of drug-likeness (QED) is 0.765. The molecule has 15 heavy (non-hydrogen) atoms. The van der Waals surface area contributed by atoms with Gasteiger partial charge in [0.05, 0.1) is 0 Å². The summed E-state index contributed by atoms with van der Waals surface area (Å²) in [4.78, 5) is 8.37. The molecule has 0 unspecified atom stereocenters. The third-order valence-electron chi connectivity index (χ3n) is 3.00. The molecule has 1 heterocycles. The average Bonchev–Trinajstić information content (AvgIpc) is 2.99. The normalized spacial score (nSPS) is 17.5. The van der Waals surface area contributed by atoms with Gasteiger partial charge in [0, 0.05) is 25.5 Å². The highest BCUT2D eigenvalue weighted by Crippen LogP contribution is 2.48. The van der Waals surface area contributed by atoms with Crippen LogP contribution in [-0.4, -0.2) is 28.2 Å². The van der Waals surface area contributed by atoms with Crippen LogP contribution in [-0.2, 0) is 0 Å². The topological polar surface area (TPSA) is 58.0 Å². The first kappa shape index (κ1) is 10.4. The number of aryl methyl sites for hydroxylation is 1. The summed E-state index contributed by atoms with van der Waals surface area (Å²) in [6.45, 7) is 3.12. The van der Waals surface area contributed by atoms with Gasteiger partial charge in [-0.25, -0.2) is 9.97 Å². The minimum atomic E-state index is 0.274. The largest absolute Gasteiger partial charge is 0.396 e. The fourth-order valence-electron chi connectivity index (χ4n) is 1.68. The molecule has 1 aliphatic carbocycles. The van der Waals surface area contributed by atoms with Crippen molar-refractivity contribution in [2.24, 2.45) is 5.41 Å². The van der Waals surface area contributed by atoms with Crippen molar-refractivity contribution in [1.29, 1.82) is 0 Å². The molecular formula is C11H17N3O. The third kappa shape index (κ3) is 2.65. The fraction of sp³-hybridized carbons (Fsp3) is 0.636. The van der Waals surface area contributed by atoms with Crippen molar-refractivity contribution in [2.45, 2.75) is 26.2 Å². The zero-order valence-electron chi connectivity index (χ0n) is 9.03. The van der Waals surface area contributed by atoms with Gasteiger partial charge >= 0.3 is 0 Å². The molecule has 0 atom stereocenters. The molecule has 0 bridgehead atoms. The first-order valence-corrected chi connectivity index (χ1v) is 5.37. The van der Waals surface area contributed by atoms with Crippen LogP contribution < -0.4 is 5.32 Å². The van der Waals surface area contributed by atoms with Crippen LogP contribution >= 0.6 is 0 Å². The number of aliphatic hydroxyl groups excluding tert-OH is 1. The first-order chi connectivity index (χ1) is 7.24. The van der Waals surface area contributed by atoms with Gasteiger partial charge in [-0.15, -0.1) is 0 Å². The van der Waals surface area contributed by atoms with Crippen molar-refractivity contribution in [3.63, 3.8) is 0 Å². The second-order valence-electron chi connectivity index (χ2n) is 4.41. The van der Waals surface area contributed by atoms with Crippen molar-refractivity contribution in [2.75, 3.05) is 18.5 Å². The summed E-state index contributed by atoms with van der Waals surface area (Å²) in [6, 6.07) is 0. The summed E-state index contributed by atoms with van der Waals surface area (Å²) in [5.41, 5.74) is 1.38. The van der Waals surface area contributed by atoms with Crippen molar-refractivity contribution in [3.05, 3.63) is 18.0 Å². The van der Waals surface area contributed by atoms with E-state index in [0.717, 1.165) is 18.5 Å². The van der Waals surface area contributed by atoms with E-state index in [1.54, 1.807) is 12.4 Å². The van der Waals surface area contributed by atoms with E-state index in [2.05, 4.69) is 15.3 Å². The zero-order valence-corrected chi connectivity index (χ0v) is 9.03. The standard InChI is InChI=1S/C11H17N3O/c1-9-6-12-10(13-7-9)14-8-11(2-3-11)4-5-15/h6-7,15H,2-5,8H2,1H3,(H,12,13,14). The number of hydrogen-bond donors (Lipinski definition) is 2. The average molecular weight is 207 g/mol. The van der Waals surface area contributed by atoms with Gasteiger partial charge in [0.15, 0.2) is 0 Å².